The zero-order valence-corrected chi connectivity index (χ0v) is 16.2. The number of nitrogens with zero attached hydrogens (tertiary/aromatic N) is 1. The Morgan fingerprint density at radius 1 is 1.11 bits per heavy atom. The third kappa shape index (κ3) is 4.81. The fourth-order valence-electron chi connectivity index (χ4n) is 2.32. The van der Waals surface area contributed by atoms with E-state index in [-0.39, 0.29) is 22.2 Å². The quantitative estimate of drug-likeness (QED) is 0.483. The van der Waals surface area contributed by atoms with Gasteiger partial charge >= 0.3 is 6.18 Å². The minimum Gasteiger partial charge on any atom is -0.389 e. The molecule has 0 unspecified atom stereocenters. The van der Waals surface area contributed by atoms with Crippen molar-refractivity contribution in [2.45, 2.75) is 12.8 Å². The maximum Gasteiger partial charge on any atom is 0.416 e. The van der Waals surface area contributed by atoms with Crippen LogP contribution in [-0.4, -0.2) is 11.1 Å². The molecule has 0 atom stereocenters. The van der Waals surface area contributed by atoms with Crippen molar-refractivity contribution in [3.8, 4) is 0 Å². The number of benzene rings is 2. The monoisotopic (exact) mass is 446 g/mol. The maximum atomic E-state index is 13.1. The van der Waals surface area contributed by atoms with E-state index in [1.54, 1.807) is 18.2 Å². The molecule has 1 N–H and O–H groups in total. The fourth-order valence-corrected chi connectivity index (χ4v) is 3.60. The molecule has 3 rings (SSSR count). The van der Waals surface area contributed by atoms with Crippen LogP contribution in [0.3, 0.4) is 0 Å². The molecule has 0 saturated carbocycles. The lowest BCUT2D eigenvalue weighted by atomic mass is 10.1. The van der Waals surface area contributed by atoms with E-state index in [2.05, 4.69) is 10.5 Å². The van der Waals surface area contributed by atoms with Crippen molar-refractivity contribution in [2.24, 2.45) is 5.16 Å². The summed E-state index contributed by atoms with van der Waals surface area (Å²) in [6.45, 7) is -0.0333. The Morgan fingerprint density at radius 2 is 1.79 bits per heavy atom. The Kier molecular flexibility index (Phi) is 6.22. The molecule has 2 aromatic carbocycles. The van der Waals surface area contributed by atoms with Gasteiger partial charge in [-0.05, 0) is 41.6 Å². The first-order valence-electron chi connectivity index (χ1n) is 7.75. The van der Waals surface area contributed by atoms with Gasteiger partial charge in [0.25, 0.3) is 5.91 Å². The molecular weight excluding hydrogens is 436 g/mol. The molecular formula is C18H11Cl2F3N2O2S. The van der Waals surface area contributed by atoms with E-state index in [4.69, 9.17) is 28.0 Å². The van der Waals surface area contributed by atoms with Gasteiger partial charge < -0.3 is 4.84 Å². The number of amides is 1. The number of alkyl halides is 3. The van der Waals surface area contributed by atoms with E-state index in [1.807, 2.05) is 0 Å². The summed E-state index contributed by atoms with van der Waals surface area (Å²) in [5, 5.41) is 7.12. The Morgan fingerprint density at radius 3 is 2.46 bits per heavy atom. The first kappa shape index (κ1) is 20.6. The molecule has 1 amide bonds. The van der Waals surface area contributed by atoms with Gasteiger partial charge in [-0.25, -0.2) is 0 Å². The van der Waals surface area contributed by atoms with Crippen molar-refractivity contribution in [1.82, 2.24) is 5.32 Å². The molecule has 0 radical (unpaired) electrons. The third-order valence-corrected chi connectivity index (χ3v) is 5.22. The summed E-state index contributed by atoms with van der Waals surface area (Å²) >= 11 is 12.9. The van der Waals surface area contributed by atoms with Crippen molar-refractivity contribution in [2.75, 3.05) is 0 Å². The van der Waals surface area contributed by atoms with Crippen LogP contribution in [0.25, 0.3) is 6.08 Å². The SMILES string of the molecule is O=C1NC(=NOCc2c(Cl)cccc2Cl)SC1=Cc1ccccc1C(F)(F)F. The fraction of sp³-hybridized carbons (Fsp3) is 0.111. The van der Waals surface area contributed by atoms with E-state index in [0.717, 1.165) is 23.9 Å². The summed E-state index contributed by atoms with van der Waals surface area (Å²) in [6.07, 6.45) is -3.36. The van der Waals surface area contributed by atoms with Gasteiger partial charge in [0.15, 0.2) is 0 Å². The summed E-state index contributed by atoms with van der Waals surface area (Å²) in [7, 11) is 0. The van der Waals surface area contributed by atoms with Crippen LogP contribution in [0.2, 0.25) is 10.0 Å². The van der Waals surface area contributed by atoms with Crippen molar-refractivity contribution in [3.63, 3.8) is 0 Å². The van der Waals surface area contributed by atoms with Crippen LogP contribution < -0.4 is 5.32 Å². The van der Waals surface area contributed by atoms with E-state index in [9.17, 15) is 18.0 Å². The Balaban J connectivity index is 1.74. The van der Waals surface area contributed by atoms with Crippen LogP contribution in [0.4, 0.5) is 13.2 Å². The van der Waals surface area contributed by atoms with Gasteiger partial charge in [-0.3, -0.25) is 10.1 Å². The van der Waals surface area contributed by atoms with Gasteiger partial charge in [0, 0.05) is 15.6 Å². The molecule has 2 aromatic rings. The van der Waals surface area contributed by atoms with Crippen LogP contribution in [0.5, 0.6) is 0 Å². The molecule has 0 bridgehead atoms. The van der Waals surface area contributed by atoms with Crippen LogP contribution in [0.1, 0.15) is 16.7 Å². The smallest absolute Gasteiger partial charge is 0.389 e. The van der Waals surface area contributed by atoms with Gasteiger partial charge in [0.1, 0.15) is 6.61 Å². The number of carbonyl (C=O) groups excluding carboxylic acids is 1. The first-order chi connectivity index (χ1) is 13.3. The summed E-state index contributed by atoms with van der Waals surface area (Å²) in [5.74, 6) is -0.569. The van der Waals surface area contributed by atoms with Crippen LogP contribution in [0, 0.1) is 0 Å². The maximum absolute atomic E-state index is 13.1. The molecule has 1 aliphatic rings. The lowest BCUT2D eigenvalue weighted by molar-refractivity contribution is -0.137. The summed E-state index contributed by atoms with van der Waals surface area (Å²) in [5.41, 5.74) is -0.414. The lowest BCUT2D eigenvalue weighted by Gasteiger charge is -2.09. The van der Waals surface area contributed by atoms with E-state index in [0.29, 0.717) is 15.6 Å². The third-order valence-electron chi connectivity index (χ3n) is 3.62. The van der Waals surface area contributed by atoms with Gasteiger partial charge in [0.2, 0.25) is 5.17 Å². The Hall–Kier alpha value is -2.16. The first-order valence-corrected chi connectivity index (χ1v) is 9.33. The minimum atomic E-state index is -4.53. The minimum absolute atomic E-state index is 0.0333. The average molecular weight is 447 g/mol. The van der Waals surface area contributed by atoms with Crippen molar-refractivity contribution < 1.29 is 22.8 Å². The summed E-state index contributed by atoms with van der Waals surface area (Å²) in [4.78, 5) is 17.3. The molecule has 10 heteroatoms. The number of halogens is 5. The predicted octanol–water partition coefficient (Wildman–Crippen LogP) is 5.70. The average Bonchev–Trinajstić information content (AvgIpc) is 2.96. The van der Waals surface area contributed by atoms with Gasteiger partial charge in [-0.2, -0.15) is 13.2 Å². The second kappa shape index (κ2) is 8.46. The highest BCUT2D eigenvalue weighted by molar-refractivity contribution is 8.18. The summed E-state index contributed by atoms with van der Waals surface area (Å²) in [6, 6.07) is 9.96. The summed E-state index contributed by atoms with van der Waals surface area (Å²) < 4.78 is 39.3. The molecule has 0 aliphatic carbocycles. The second-order valence-corrected chi connectivity index (χ2v) is 7.36. The number of rotatable bonds is 4. The van der Waals surface area contributed by atoms with Crippen LogP contribution in [-0.2, 0) is 22.4 Å². The normalized spacial score (nSPS) is 17.2. The zero-order chi connectivity index (χ0) is 20.3. The Labute approximate surface area is 172 Å². The number of carbonyl (C=O) groups is 1. The number of hydrogen-bond donors (Lipinski definition) is 1. The highest BCUT2D eigenvalue weighted by atomic mass is 35.5. The van der Waals surface area contributed by atoms with Gasteiger partial charge in [-0.15, -0.1) is 0 Å². The second-order valence-electron chi connectivity index (χ2n) is 5.52. The Bertz CT molecular complexity index is 957. The molecule has 1 aliphatic heterocycles. The van der Waals surface area contributed by atoms with Crippen molar-refractivity contribution >= 4 is 52.1 Å². The molecule has 1 heterocycles. The molecule has 28 heavy (non-hydrogen) atoms. The zero-order valence-electron chi connectivity index (χ0n) is 13.9. The molecule has 1 fully saturated rings. The van der Waals surface area contributed by atoms with E-state index >= 15 is 0 Å². The van der Waals surface area contributed by atoms with Gasteiger partial charge in [-0.1, -0.05) is 52.6 Å². The number of amidine groups is 1. The van der Waals surface area contributed by atoms with Crippen LogP contribution >= 0.6 is 35.0 Å². The topological polar surface area (TPSA) is 50.7 Å². The largest absolute Gasteiger partial charge is 0.416 e. The van der Waals surface area contributed by atoms with E-state index in [1.165, 1.54) is 18.2 Å². The van der Waals surface area contributed by atoms with E-state index < -0.39 is 17.6 Å². The van der Waals surface area contributed by atoms with Crippen molar-refractivity contribution in [3.05, 3.63) is 74.1 Å². The number of nitrogens with one attached hydrogen (secondary N) is 1. The highest BCUT2D eigenvalue weighted by Gasteiger charge is 2.33. The number of oxime groups is 1. The van der Waals surface area contributed by atoms with Crippen LogP contribution in [0.15, 0.2) is 52.5 Å². The van der Waals surface area contributed by atoms with Gasteiger partial charge in [0.05, 0.1) is 10.5 Å². The number of hydrogen-bond acceptors (Lipinski definition) is 4. The predicted molar refractivity (Wildman–Crippen MR) is 104 cm³/mol. The highest BCUT2D eigenvalue weighted by Crippen LogP contribution is 2.35. The molecule has 4 nitrogen and oxygen atoms in total. The molecule has 0 spiro atoms. The standard InChI is InChI=1S/C18H11Cl2F3N2O2S/c19-13-6-3-7-14(20)11(13)9-27-25-17-24-16(26)15(28-17)8-10-4-1-2-5-12(10)18(21,22)23/h1-8H,9H2,(H,24,25,26). The lowest BCUT2D eigenvalue weighted by Crippen LogP contribution is -2.20. The molecule has 1 saturated heterocycles. The molecule has 146 valence electrons. The number of thioether (sulfide) groups is 1. The molecule has 0 aromatic heterocycles. The van der Waals surface area contributed by atoms with Crippen molar-refractivity contribution in [1.29, 1.82) is 0 Å².